The summed E-state index contributed by atoms with van der Waals surface area (Å²) < 4.78 is 0. The summed E-state index contributed by atoms with van der Waals surface area (Å²) in [5.41, 5.74) is -1.17. The number of rotatable bonds is 4. The molecular formula is C13H19N3O4. The van der Waals surface area contributed by atoms with Crippen molar-refractivity contribution >= 4 is 23.8 Å². The van der Waals surface area contributed by atoms with Crippen molar-refractivity contribution in [3.8, 4) is 0 Å². The van der Waals surface area contributed by atoms with Gasteiger partial charge in [-0.25, -0.2) is 4.79 Å². The van der Waals surface area contributed by atoms with Crippen molar-refractivity contribution in [1.29, 1.82) is 0 Å². The molecule has 2 saturated heterocycles. The van der Waals surface area contributed by atoms with Crippen LogP contribution in [0.15, 0.2) is 0 Å². The van der Waals surface area contributed by atoms with Gasteiger partial charge in [0.1, 0.15) is 5.41 Å². The molecule has 7 heteroatoms. The Labute approximate surface area is 117 Å². The van der Waals surface area contributed by atoms with E-state index < -0.39 is 23.3 Å². The van der Waals surface area contributed by atoms with Crippen LogP contribution in [0.2, 0.25) is 0 Å². The molecule has 0 radical (unpaired) electrons. The lowest BCUT2D eigenvalue weighted by molar-refractivity contribution is -0.152. The highest BCUT2D eigenvalue weighted by Gasteiger charge is 2.51. The van der Waals surface area contributed by atoms with Gasteiger partial charge in [-0.15, -0.1) is 0 Å². The molecule has 2 aliphatic rings. The topological polar surface area (TPSA) is 95.6 Å². The largest absolute Gasteiger partial charge is 0.352 e. The van der Waals surface area contributed by atoms with E-state index in [9.17, 15) is 19.2 Å². The molecule has 5 amide bonds. The summed E-state index contributed by atoms with van der Waals surface area (Å²) >= 11 is 0. The number of carbonyl (C=O) groups excluding carboxylic acids is 4. The molecular weight excluding hydrogens is 262 g/mol. The summed E-state index contributed by atoms with van der Waals surface area (Å²) in [7, 11) is 0. The molecule has 0 aromatic heterocycles. The standard InChI is InChI=1S/C13H19N3O4/c1-3-13(4-2)10(18)15-12(20)16(11(13)19)7-8-5-6-9(17)14-8/h8H,3-7H2,1-2H3,(H,14,17)(H,15,18,20). The monoisotopic (exact) mass is 281 g/mol. The molecule has 2 fully saturated rings. The van der Waals surface area contributed by atoms with Crippen LogP contribution in [-0.2, 0) is 14.4 Å². The summed E-state index contributed by atoms with van der Waals surface area (Å²) in [5.74, 6) is -1.06. The summed E-state index contributed by atoms with van der Waals surface area (Å²) in [6.45, 7) is 3.63. The Morgan fingerprint density at radius 3 is 2.35 bits per heavy atom. The summed E-state index contributed by atoms with van der Waals surface area (Å²) in [5, 5.41) is 4.97. The summed E-state index contributed by atoms with van der Waals surface area (Å²) in [6.07, 6.45) is 1.68. The van der Waals surface area contributed by atoms with E-state index in [0.717, 1.165) is 4.90 Å². The van der Waals surface area contributed by atoms with Gasteiger partial charge >= 0.3 is 6.03 Å². The molecule has 1 unspecified atom stereocenters. The Balaban J connectivity index is 2.19. The van der Waals surface area contributed by atoms with Crippen LogP contribution >= 0.6 is 0 Å². The van der Waals surface area contributed by atoms with Gasteiger partial charge in [0.2, 0.25) is 17.7 Å². The minimum absolute atomic E-state index is 0.0758. The molecule has 0 saturated carbocycles. The Morgan fingerprint density at radius 1 is 1.20 bits per heavy atom. The average Bonchev–Trinajstić information content (AvgIpc) is 2.82. The van der Waals surface area contributed by atoms with Gasteiger partial charge in [-0.05, 0) is 19.3 Å². The van der Waals surface area contributed by atoms with Crippen LogP contribution in [0.25, 0.3) is 0 Å². The van der Waals surface area contributed by atoms with E-state index in [2.05, 4.69) is 10.6 Å². The molecule has 2 rings (SSSR count). The molecule has 0 aliphatic carbocycles. The first-order valence-electron chi connectivity index (χ1n) is 6.91. The molecule has 20 heavy (non-hydrogen) atoms. The van der Waals surface area contributed by atoms with Gasteiger partial charge in [-0.1, -0.05) is 13.8 Å². The predicted molar refractivity (Wildman–Crippen MR) is 69.4 cm³/mol. The maximum Gasteiger partial charge on any atom is 0.330 e. The van der Waals surface area contributed by atoms with Gasteiger partial charge in [-0.3, -0.25) is 24.6 Å². The van der Waals surface area contributed by atoms with Crippen molar-refractivity contribution in [3.63, 3.8) is 0 Å². The Morgan fingerprint density at radius 2 is 1.85 bits per heavy atom. The van der Waals surface area contributed by atoms with Gasteiger partial charge in [-0.2, -0.15) is 0 Å². The Kier molecular flexibility index (Phi) is 3.78. The zero-order valence-electron chi connectivity index (χ0n) is 11.7. The van der Waals surface area contributed by atoms with E-state index in [4.69, 9.17) is 0 Å². The number of hydrogen-bond acceptors (Lipinski definition) is 4. The van der Waals surface area contributed by atoms with Crippen LogP contribution in [0.1, 0.15) is 39.5 Å². The molecule has 7 nitrogen and oxygen atoms in total. The number of imide groups is 2. The van der Waals surface area contributed by atoms with E-state index >= 15 is 0 Å². The Bertz CT molecular complexity index is 470. The van der Waals surface area contributed by atoms with Gasteiger partial charge in [0.15, 0.2) is 0 Å². The second-order valence-corrected chi connectivity index (χ2v) is 5.27. The zero-order chi connectivity index (χ0) is 14.9. The van der Waals surface area contributed by atoms with Crippen molar-refractivity contribution in [2.75, 3.05) is 6.54 Å². The number of carbonyl (C=O) groups is 4. The molecule has 0 bridgehead atoms. The smallest absolute Gasteiger partial charge is 0.330 e. The number of hydrogen-bond donors (Lipinski definition) is 2. The van der Waals surface area contributed by atoms with Gasteiger partial charge in [0.05, 0.1) is 6.54 Å². The number of amides is 5. The van der Waals surface area contributed by atoms with E-state index in [1.807, 2.05) is 0 Å². The molecule has 110 valence electrons. The van der Waals surface area contributed by atoms with Crippen LogP contribution in [0, 0.1) is 5.41 Å². The molecule has 2 heterocycles. The number of barbiturate groups is 1. The van der Waals surface area contributed by atoms with Crippen LogP contribution in [0.5, 0.6) is 0 Å². The van der Waals surface area contributed by atoms with Gasteiger partial charge in [0, 0.05) is 12.5 Å². The van der Waals surface area contributed by atoms with Crippen LogP contribution in [0.3, 0.4) is 0 Å². The fourth-order valence-electron chi connectivity index (χ4n) is 2.81. The SMILES string of the molecule is CCC1(CC)C(=O)NC(=O)N(CC2CCC(=O)N2)C1=O. The molecule has 1 atom stereocenters. The lowest BCUT2D eigenvalue weighted by Gasteiger charge is -2.39. The maximum absolute atomic E-state index is 12.5. The number of nitrogens with zero attached hydrogens (tertiary/aromatic N) is 1. The average molecular weight is 281 g/mol. The molecule has 0 spiro atoms. The van der Waals surface area contributed by atoms with E-state index in [0.29, 0.717) is 25.7 Å². The maximum atomic E-state index is 12.5. The van der Waals surface area contributed by atoms with E-state index in [1.54, 1.807) is 13.8 Å². The van der Waals surface area contributed by atoms with Crippen molar-refractivity contribution in [2.24, 2.45) is 5.41 Å². The third kappa shape index (κ3) is 2.17. The van der Waals surface area contributed by atoms with Crippen molar-refractivity contribution in [1.82, 2.24) is 15.5 Å². The normalized spacial score (nSPS) is 25.7. The Hall–Kier alpha value is -1.92. The van der Waals surface area contributed by atoms with Crippen LogP contribution < -0.4 is 10.6 Å². The second kappa shape index (κ2) is 5.22. The third-order valence-corrected chi connectivity index (χ3v) is 4.25. The number of urea groups is 1. The minimum atomic E-state index is -1.17. The highest BCUT2D eigenvalue weighted by Crippen LogP contribution is 2.32. The first kappa shape index (κ1) is 14.5. The van der Waals surface area contributed by atoms with Crippen molar-refractivity contribution in [3.05, 3.63) is 0 Å². The first-order valence-corrected chi connectivity index (χ1v) is 6.91. The zero-order valence-corrected chi connectivity index (χ0v) is 11.7. The fourth-order valence-corrected chi connectivity index (χ4v) is 2.81. The molecule has 0 aromatic rings. The second-order valence-electron chi connectivity index (χ2n) is 5.27. The lowest BCUT2D eigenvalue weighted by Crippen LogP contribution is -2.65. The van der Waals surface area contributed by atoms with Crippen molar-refractivity contribution in [2.45, 2.75) is 45.6 Å². The van der Waals surface area contributed by atoms with Crippen LogP contribution in [-0.4, -0.2) is 41.2 Å². The lowest BCUT2D eigenvalue weighted by atomic mass is 9.78. The van der Waals surface area contributed by atoms with E-state index in [-0.39, 0.29) is 18.5 Å². The van der Waals surface area contributed by atoms with Gasteiger partial charge in [0.25, 0.3) is 0 Å². The van der Waals surface area contributed by atoms with Crippen molar-refractivity contribution < 1.29 is 19.2 Å². The minimum Gasteiger partial charge on any atom is -0.352 e. The highest BCUT2D eigenvalue weighted by atomic mass is 16.2. The summed E-state index contributed by atoms with van der Waals surface area (Å²) in [4.78, 5) is 48.6. The predicted octanol–water partition coefficient (Wildman–Crippen LogP) is 0.150. The first-order chi connectivity index (χ1) is 9.44. The number of nitrogens with one attached hydrogen (secondary N) is 2. The third-order valence-electron chi connectivity index (χ3n) is 4.25. The molecule has 2 aliphatic heterocycles. The highest BCUT2D eigenvalue weighted by molar-refractivity contribution is 6.19. The quantitative estimate of drug-likeness (QED) is 0.717. The molecule has 2 N–H and O–H groups in total. The van der Waals surface area contributed by atoms with Crippen LogP contribution in [0.4, 0.5) is 4.79 Å². The van der Waals surface area contributed by atoms with E-state index in [1.165, 1.54) is 0 Å². The van der Waals surface area contributed by atoms with Gasteiger partial charge < -0.3 is 5.32 Å². The summed E-state index contributed by atoms with van der Waals surface area (Å²) in [6, 6.07) is -0.921. The fraction of sp³-hybridized carbons (Fsp3) is 0.692. The molecule has 0 aromatic carbocycles.